The Hall–Kier alpha value is -2.08. The zero-order chi connectivity index (χ0) is 15.4. The molecule has 3 N–H and O–H groups in total. The third kappa shape index (κ3) is 3.52. The molecular weight excluding hydrogens is 270 g/mol. The zero-order valence-electron chi connectivity index (χ0n) is 12.4. The fourth-order valence-electron chi connectivity index (χ4n) is 2.33. The first kappa shape index (κ1) is 15.3. The summed E-state index contributed by atoms with van der Waals surface area (Å²) < 4.78 is 6.84. The second-order valence-electron chi connectivity index (χ2n) is 4.95. The molecule has 0 aliphatic carbocycles. The van der Waals surface area contributed by atoms with E-state index in [1.54, 1.807) is 26.0 Å². The Bertz CT molecular complexity index is 634. The number of nitrogens with zero attached hydrogens (tertiary/aromatic N) is 2. The molecule has 1 heterocycles. The minimum atomic E-state index is -0.679. The van der Waals surface area contributed by atoms with Crippen molar-refractivity contribution in [2.45, 2.75) is 39.3 Å². The number of benzene rings is 1. The molecule has 6 nitrogen and oxygen atoms in total. The molecule has 21 heavy (non-hydrogen) atoms. The number of imidazole rings is 1. The van der Waals surface area contributed by atoms with Crippen LogP contribution in [0.25, 0.3) is 11.0 Å². The van der Waals surface area contributed by atoms with Crippen LogP contribution in [0.4, 0.5) is 5.69 Å². The van der Waals surface area contributed by atoms with Gasteiger partial charge in [-0.3, -0.25) is 4.79 Å². The molecule has 1 aromatic heterocycles. The van der Waals surface area contributed by atoms with E-state index in [1.807, 2.05) is 10.6 Å². The molecule has 1 aromatic carbocycles. The number of rotatable bonds is 6. The monoisotopic (exact) mass is 291 g/mol. The summed E-state index contributed by atoms with van der Waals surface area (Å²) in [6, 6.07) is 5.47. The largest absolute Gasteiger partial charge is 0.466 e. The summed E-state index contributed by atoms with van der Waals surface area (Å²) in [7, 11) is 0. The molecule has 0 radical (unpaired) electrons. The number of ether oxygens (including phenoxy) is 1. The summed E-state index contributed by atoms with van der Waals surface area (Å²) in [5.41, 5.74) is 8.05. The number of hydrogen-bond donors (Lipinski definition) is 2. The van der Waals surface area contributed by atoms with E-state index in [-0.39, 0.29) is 5.97 Å². The molecular formula is C15H21N3O3. The number of nitrogens with two attached hydrogens (primary N) is 1. The number of aryl methyl sites for hydroxylation is 1. The number of carbonyl (C=O) groups excluding carboxylic acids is 1. The predicted octanol–water partition coefficient (Wildman–Crippen LogP) is 2.02. The lowest BCUT2D eigenvalue weighted by Crippen LogP contribution is -2.10. The lowest BCUT2D eigenvalue weighted by molar-refractivity contribution is -0.143. The Labute approximate surface area is 123 Å². The molecule has 1 atom stereocenters. The molecule has 0 bridgehead atoms. The molecule has 1 unspecified atom stereocenters. The molecule has 114 valence electrons. The van der Waals surface area contributed by atoms with Crippen molar-refractivity contribution >= 4 is 22.7 Å². The van der Waals surface area contributed by atoms with Crippen LogP contribution in [-0.2, 0) is 16.1 Å². The van der Waals surface area contributed by atoms with E-state index in [9.17, 15) is 9.90 Å². The molecule has 0 amide bonds. The highest BCUT2D eigenvalue weighted by Gasteiger charge is 2.15. The smallest absolute Gasteiger partial charge is 0.305 e. The fraction of sp³-hybridized carbons (Fsp3) is 0.467. The van der Waals surface area contributed by atoms with E-state index in [2.05, 4.69) is 4.98 Å². The van der Waals surface area contributed by atoms with E-state index in [1.165, 1.54) is 0 Å². The van der Waals surface area contributed by atoms with E-state index >= 15 is 0 Å². The number of nitrogen functional groups attached to an aromatic ring is 1. The van der Waals surface area contributed by atoms with E-state index in [0.717, 1.165) is 11.0 Å². The quantitative estimate of drug-likeness (QED) is 0.627. The fourth-order valence-corrected chi connectivity index (χ4v) is 2.33. The van der Waals surface area contributed by atoms with Crippen LogP contribution in [0.1, 0.15) is 38.6 Å². The lowest BCUT2D eigenvalue weighted by atomic mass is 10.2. The molecule has 2 rings (SSSR count). The Morgan fingerprint density at radius 2 is 2.29 bits per heavy atom. The SMILES string of the molecule is CCOC(=O)CCCn1c(C(C)O)nc2cc(N)ccc21. The van der Waals surface area contributed by atoms with Gasteiger partial charge in [0.25, 0.3) is 0 Å². The molecule has 0 saturated heterocycles. The summed E-state index contributed by atoms with van der Waals surface area (Å²) in [6.45, 7) is 4.45. The number of carbonyl (C=O) groups is 1. The van der Waals surface area contributed by atoms with Crippen LogP contribution in [-0.4, -0.2) is 27.2 Å². The van der Waals surface area contributed by atoms with Crippen molar-refractivity contribution in [3.8, 4) is 0 Å². The van der Waals surface area contributed by atoms with Crippen molar-refractivity contribution < 1.29 is 14.6 Å². The molecule has 0 saturated carbocycles. The maximum Gasteiger partial charge on any atom is 0.305 e. The molecule has 0 fully saturated rings. The van der Waals surface area contributed by atoms with Gasteiger partial charge in [0, 0.05) is 18.7 Å². The van der Waals surface area contributed by atoms with Gasteiger partial charge in [0.15, 0.2) is 0 Å². The van der Waals surface area contributed by atoms with Crippen LogP contribution in [0.5, 0.6) is 0 Å². The third-order valence-corrected chi connectivity index (χ3v) is 3.24. The highest BCUT2D eigenvalue weighted by molar-refractivity contribution is 5.79. The summed E-state index contributed by atoms with van der Waals surface area (Å²) in [4.78, 5) is 15.8. The van der Waals surface area contributed by atoms with E-state index in [4.69, 9.17) is 10.5 Å². The normalized spacial score (nSPS) is 12.5. The van der Waals surface area contributed by atoms with Gasteiger partial charge in [-0.2, -0.15) is 0 Å². The van der Waals surface area contributed by atoms with Crippen molar-refractivity contribution in [2.75, 3.05) is 12.3 Å². The molecule has 0 spiro atoms. The van der Waals surface area contributed by atoms with Gasteiger partial charge in [0.1, 0.15) is 11.9 Å². The predicted molar refractivity (Wildman–Crippen MR) is 80.6 cm³/mol. The molecule has 0 aliphatic rings. The first-order valence-electron chi connectivity index (χ1n) is 7.12. The first-order valence-corrected chi connectivity index (χ1v) is 7.12. The van der Waals surface area contributed by atoms with Gasteiger partial charge in [-0.05, 0) is 38.5 Å². The Morgan fingerprint density at radius 3 is 2.95 bits per heavy atom. The van der Waals surface area contributed by atoms with Crippen LogP contribution < -0.4 is 5.73 Å². The van der Waals surface area contributed by atoms with Crippen LogP contribution in [0.3, 0.4) is 0 Å². The summed E-state index contributed by atoms with van der Waals surface area (Å²) in [6.07, 6.45) is 0.303. The summed E-state index contributed by atoms with van der Waals surface area (Å²) >= 11 is 0. The molecule has 6 heteroatoms. The second-order valence-corrected chi connectivity index (χ2v) is 4.95. The maximum atomic E-state index is 11.4. The van der Waals surface area contributed by atoms with Crippen LogP contribution in [0.2, 0.25) is 0 Å². The second kappa shape index (κ2) is 6.58. The van der Waals surface area contributed by atoms with Crippen LogP contribution in [0.15, 0.2) is 18.2 Å². The first-order chi connectivity index (χ1) is 10.0. The topological polar surface area (TPSA) is 90.4 Å². The van der Waals surface area contributed by atoms with Gasteiger partial charge in [-0.1, -0.05) is 0 Å². The number of esters is 1. The Morgan fingerprint density at radius 1 is 1.52 bits per heavy atom. The highest BCUT2D eigenvalue weighted by Crippen LogP contribution is 2.23. The number of hydrogen-bond acceptors (Lipinski definition) is 5. The zero-order valence-corrected chi connectivity index (χ0v) is 12.4. The van der Waals surface area contributed by atoms with Gasteiger partial charge in [-0.15, -0.1) is 0 Å². The van der Waals surface area contributed by atoms with Crippen molar-refractivity contribution in [1.29, 1.82) is 0 Å². The lowest BCUT2D eigenvalue weighted by Gasteiger charge is -2.10. The van der Waals surface area contributed by atoms with Gasteiger partial charge in [-0.25, -0.2) is 4.98 Å². The van der Waals surface area contributed by atoms with E-state index in [0.29, 0.717) is 37.5 Å². The number of aliphatic hydroxyl groups excluding tert-OH is 1. The minimum Gasteiger partial charge on any atom is -0.466 e. The van der Waals surface area contributed by atoms with Crippen LogP contribution in [0, 0.1) is 0 Å². The Balaban J connectivity index is 2.20. The average Bonchev–Trinajstić information content (AvgIpc) is 2.77. The van der Waals surface area contributed by atoms with Gasteiger partial charge < -0.3 is 20.1 Å². The van der Waals surface area contributed by atoms with Crippen molar-refractivity contribution in [3.63, 3.8) is 0 Å². The number of fused-ring (bicyclic) bond motifs is 1. The Kier molecular flexibility index (Phi) is 4.80. The van der Waals surface area contributed by atoms with Gasteiger partial charge >= 0.3 is 5.97 Å². The average molecular weight is 291 g/mol. The van der Waals surface area contributed by atoms with Crippen molar-refractivity contribution in [2.24, 2.45) is 0 Å². The molecule has 2 aromatic rings. The summed E-state index contributed by atoms with van der Waals surface area (Å²) in [5, 5.41) is 9.86. The summed E-state index contributed by atoms with van der Waals surface area (Å²) in [5.74, 6) is 0.379. The number of aromatic nitrogens is 2. The van der Waals surface area contributed by atoms with Gasteiger partial charge in [0.05, 0.1) is 17.6 Å². The maximum absolute atomic E-state index is 11.4. The van der Waals surface area contributed by atoms with Gasteiger partial charge in [0.2, 0.25) is 0 Å². The third-order valence-electron chi connectivity index (χ3n) is 3.24. The number of anilines is 1. The van der Waals surface area contributed by atoms with Crippen LogP contribution >= 0.6 is 0 Å². The minimum absolute atomic E-state index is 0.204. The highest BCUT2D eigenvalue weighted by atomic mass is 16.5. The van der Waals surface area contributed by atoms with Crippen molar-refractivity contribution in [1.82, 2.24) is 9.55 Å². The standard InChI is InChI=1S/C15H21N3O3/c1-3-21-14(20)5-4-8-18-13-7-6-11(16)9-12(13)17-15(18)10(2)19/h6-7,9-10,19H,3-5,8,16H2,1-2H3. The molecule has 0 aliphatic heterocycles. The van der Waals surface area contributed by atoms with E-state index < -0.39 is 6.10 Å². The van der Waals surface area contributed by atoms with Crippen molar-refractivity contribution in [3.05, 3.63) is 24.0 Å². The number of aliphatic hydroxyl groups is 1.